The SMILES string of the molecule is CC(=O)COc1cc(C2COc3c(C)c(C)c(NC(=O)CC(C)(C)C)c(C)c32)ccc1C(C)C. The number of benzene rings is 2. The van der Waals surface area contributed by atoms with Gasteiger partial charge in [0.25, 0.3) is 0 Å². The molecule has 1 atom stereocenters. The van der Waals surface area contributed by atoms with Gasteiger partial charge in [-0.2, -0.15) is 0 Å². The molecule has 5 nitrogen and oxygen atoms in total. The van der Waals surface area contributed by atoms with Crippen molar-refractivity contribution >= 4 is 17.4 Å². The van der Waals surface area contributed by atoms with Gasteiger partial charge in [0.1, 0.15) is 18.1 Å². The minimum absolute atomic E-state index is 0.00719. The normalized spacial score (nSPS) is 15.2. The van der Waals surface area contributed by atoms with E-state index in [-0.39, 0.29) is 35.5 Å². The molecule has 0 saturated heterocycles. The van der Waals surface area contributed by atoms with Crippen LogP contribution in [0.3, 0.4) is 0 Å². The summed E-state index contributed by atoms with van der Waals surface area (Å²) in [7, 11) is 0. The van der Waals surface area contributed by atoms with Crippen molar-refractivity contribution in [1.82, 2.24) is 0 Å². The minimum atomic E-state index is -0.0856. The molecule has 5 heteroatoms. The number of ketones is 1. The van der Waals surface area contributed by atoms with Gasteiger partial charge in [0.05, 0.1) is 6.61 Å². The summed E-state index contributed by atoms with van der Waals surface area (Å²) in [6.45, 7) is 18.7. The number of carbonyl (C=O) groups excluding carboxylic acids is 2. The Labute approximate surface area is 204 Å². The first kappa shape index (κ1) is 25.8. The maximum absolute atomic E-state index is 12.8. The summed E-state index contributed by atoms with van der Waals surface area (Å²) in [4.78, 5) is 24.3. The molecule has 0 aliphatic carbocycles. The fourth-order valence-corrected chi connectivity index (χ4v) is 4.67. The number of amides is 1. The zero-order valence-electron chi connectivity index (χ0n) is 22.1. The predicted molar refractivity (Wildman–Crippen MR) is 137 cm³/mol. The monoisotopic (exact) mass is 465 g/mol. The van der Waals surface area contributed by atoms with Crippen molar-refractivity contribution in [1.29, 1.82) is 0 Å². The largest absolute Gasteiger partial charge is 0.492 e. The van der Waals surface area contributed by atoms with Gasteiger partial charge in [0, 0.05) is 23.6 Å². The van der Waals surface area contributed by atoms with Crippen LogP contribution in [0.2, 0.25) is 0 Å². The van der Waals surface area contributed by atoms with Crippen LogP contribution in [0.25, 0.3) is 0 Å². The number of nitrogens with one attached hydrogen (secondary N) is 1. The van der Waals surface area contributed by atoms with E-state index in [1.54, 1.807) is 0 Å². The first-order valence-electron chi connectivity index (χ1n) is 12.1. The summed E-state index contributed by atoms with van der Waals surface area (Å²) in [5.74, 6) is 1.97. The second-order valence-corrected chi connectivity index (χ2v) is 11.1. The van der Waals surface area contributed by atoms with Gasteiger partial charge >= 0.3 is 0 Å². The van der Waals surface area contributed by atoms with Crippen molar-refractivity contribution in [2.75, 3.05) is 18.5 Å². The molecule has 0 fully saturated rings. The lowest BCUT2D eigenvalue weighted by molar-refractivity contribution is -0.119. The molecule has 0 aromatic heterocycles. The van der Waals surface area contributed by atoms with Crippen LogP contribution in [0, 0.1) is 26.2 Å². The molecular formula is C29H39NO4. The van der Waals surface area contributed by atoms with Crippen molar-refractivity contribution < 1.29 is 19.1 Å². The molecule has 1 aliphatic rings. The maximum atomic E-state index is 12.8. The van der Waals surface area contributed by atoms with E-state index in [0.29, 0.717) is 13.0 Å². The second-order valence-electron chi connectivity index (χ2n) is 11.1. The number of ether oxygens (including phenoxy) is 2. The van der Waals surface area contributed by atoms with E-state index in [9.17, 15) is 9.59 Å². The fraction of sp³-hybridized carbons (Fsp3) is 0.517. The highest BCUT2D eigenvalue weighted by molar-refractivity contribution is 5.93. The first-order chi connectivity index (χ1) is 15.8. The Hall–Kier alpha value is -2.82. The number of hydrogen-bond donors (Lipinski definition) is 1. The van der Waals surface area contributed by atoms with Gasteiger partial charge in [0.2, 0.25) is 5.91 Å². The lowest BCUT2D eigenvalue weighted by Gasteiger charge is -2.23. The third-order valence-electron chi connectivity index (χ3n) is 6.49. The molecule has 1 N–H and O–H groups in total. The van der Waals surface area contributed by atoms with Crippen molar-refractivity contribution in [2.45, 2.75) is 80.6 Å². The van der Waals surface area contributed by atoms with E-state index in [1.807, 2.05) is 13.0 Å². The Kier molecular flexibility index (Phi) is 7.44. The molecule has 3 rings (SSSR count). The number of hydrogen-bond acceptors (Lipinski definition) is 4. The molecule has 184 valence electrons. The Bertz CT molecular complexity index is 1110. The van der Waals surface area contributed by atoms with Crippen LogP contribution in [-0.2, 0) is 9.59 Å². The molecule has 0 spiro atoms. The predicted octanol–water partition coefficient (Wildman–Crippen LogP) is 6.60. The highest BCUT2D eigenvalue weighted by atomic mass is 16.5. The third-order valence-corrected chi connectivity index (χ3v) is 6.49. The lowest BCUT2D eigenvalue weighted by atomic mass is 9.85. The summed E-state index contributed by atoms with van der Waals surface area (Å²) in [5.41, 5.74) is 7.22. The van der Waals surface area contributed by atoms with E-state index in [2.05, 4.69) is 65.9 Å². The summed E-state index contributed by atoms with van der Waals surface area (Å²) in [6.07, 6.45) is 0.454. The van der Waals surface area contributed by atoms with Gasteiger partial charge in [-0.3, -0.25) is 9.59 Å². The molecular weight excluding hydrogens is 426 g/mol. The Balaban J connectivity index is 2.04. The highest BCUT2D eigenvalue weighted by Gasteiger charge is 2.33. The van der Waals surface area contributed by atoms with Crippen molar-refractivity contribution in [3.8, 4) is 11.5 Å². The van der Waals surface area contributed by atoms with Gasteiger partial charge < -0.3 is 14.8 Å². The standard InChI is InChI=1S/C29H39NO4/c1-16(2)22-11-10-21(12-24(22)33-14-17(3)31)23-15-34-28-19(5)18(4)27(20(6)26(23)28)30-25(32)13-29(7,8)9/h10-12,16,23H,13-15H2,1-9H3,(H,30,32). The van der Waals surface area contributed by atoms with Crippen LogP contribution in [0.15, 0.2) is 18.2 Å². The number of anilines is 1. The quantitative estimate of drug-likeness (QED) is 0.500. The molecule has 34 heavy (non-hydrogen) atoms. The van der Waals surface area contributed by atoms with Crippen molar-refractivity contribution in [2.24, 2.45) is 5.41 Å². The van der Waals surface area contributed by atoms with Gasteiger partial charge in [-0.25, -0.2) is 0 Å². The molecule has 2 aromatic carbocycles. The van der Waals surface area contributed by atoms with Crippen LogP contribution < -0.4 is 14.8 Å². The fourth-order valence-electron chi connectivity index (χ4n) is 4.67. The van der Waals surface area contributed by atoms with E-state index >= 15 is 0 Å². The van der Waals surface area contributed by atoms with E-state index in [0.717, 1.165) is 50.6 Å². The summed E-state index contributed by atoms with van der Waals surface area (Å²) < 4.78 is 12.1. The van der Waals surface area contributed by atoms with Crippen LogP contribution >= 0.6 is 0 Å². The van der Waals surface area contributed by atoms with Gasteiger partial charge in [0.15, 0.2) is 5.78 Å². The smallest absolute Gasteiger partial charge is 0.224 e. The second kappa shape index (κ2) is 9.81. The Morgan fingerprint density at radius 1 is 1.12 bits per heavy atom. The Morgan fingerprint density at radius 2 is 1.79 bits per heavy atom. The number of Topliss-reactive ketones (excluding diaryl/α,β-unsaturated/α-hetero) is 1. The van der Waals surface area contributed by atoms with Crippen molar-refractivity contribution in [3.05, 3.63) is 51.6 Å². The number of carbonyl (C=O) groups is 2. The average molecular weight is 466 g/mol. The topological polar surface area (TPSA) is 64.6 Å². The van der Waals surface area contributed by atoms with Crippen molar-refractivity contribution in [3.63, 3.8) is 0 Å². The van der Waals surface area contributed by atoms with Gasteiger partial charge in [-0.05, 0) is 72.9 Å². The molecule has 1 aliphatic heterocycles. The van der Waals surface area contributed by atoms with Gasteiger partial charge in [-0.15, -0.1) is 0 Å². The molecule has 1 heterocycles. The molecule has 0 radical (unpaired) electrons. The van der Waals surface area contributed by atoms with E-state index < -0.39 is 0 Å². The molecule has 1 unspecified atom stereocenters. The first-order valence-corrected chi connectivity index (χ1v) is 12.1. The molecule has 0 saturated carbocycles. The lowest BCUT2D eigenvalue weighted by Crippen LogP contribution is -2.21. The van der Waals surface area contributed by atoms with Crippen LogP contribution in [0.4, 0.5) is 5.69 Å². The van der Waals surface area contributed by atoms with Crippen LogP contribution in [0.1, 0.15) is 93.2 Å². The zero-order chi connectivity index (χ0) is 25.4. The average Bonchev–Trinajstić information content (AvgIpc) is 3.17. The number of fused-ring (bicyclic) bond motifs is 1. The minimum Gasteiger partial charge on any atom is -0.492 e. The van der Waals surface area contributed by atoms with Crippen LogP contribution in [-0.4, -0.2) is 24.9 Å². The number of rotatable bonds is 7. The highest BCUT2D eigenvalue weighted by Crippen LogP contribution is 2.47. The molecule has 2 aromatic rings. The zero-order valence-corrected chi connectivity index (χ0v) is 22.1. The Morgan fingerprint density at radius 3 is 2.38 bits per heavy atom. The molecule has 1 amide bonds. The van der Waals surface area contributed by atoms with Gasteiger partial charge in [-0.1, -0.05) is 46.8 Å². The third kappa shape index (κ3) is 5.45. The summed E-state index contributed by atoms with van der Waals surface area (Å²) in [6, 6.07) is 6.27. The van der Waals surface area contributed by atoms with E-state index in [4.69, 9.17) is 9.47 Å². The summed E-state index contributed by atoms with van der Waals surface area (Å²) >= 11 is 0. The van der Waals surface area contributed by atoms with Crippen LogP contribution in [0.5, 0.6) is 11.5 Å². The van der Waals surface area contributed by atoms with E-state index in [1.165, 1.54) is 6.92 Å². The summed E-state index contributed by atoms with van der Waals surface area (Å²) in [5, 5.41) is 3.19. The maximum Gasteiger partial charge on any atom is 0.224 e. The molecule has 0 bridgehead atoms.